The molecule has 0 saturated carbocycles. The van der Waals surface area contributed by atoms with Crippen LogP contribution in [0.1, 0.15) is 42.1 Å². The van der Waals surface area contributed by atoms with Crippen molar-refractivity contribution < 1.29 is 9.53 Å². The number of carbonyl (C=O) groups is 1. The van der Waals surface area contributed by atoms with Gasteiger partial charge in [0.2, 0.25) is 0 Å². The van der Waals surface area contributed by atoms with Crippen LogP contribution in [-0.2, 0) is 4.74 Å². The average molecular weight is 285 g/mol. The number of ether oxygens (including phenoxy) is 1. The highest BCUT2D eigenvalue weighted by Gasteiger charge is 2.10. The van der Waals surface area contributed by atoms with Gasteiger partial charge >= 0.3 is 5.97 Å². The fourth-order valence-corrected chi connectivity index (χ4v) is 2.18. The van der Waals surface area contributed by atoms with Gasteiger partial charge < -0.3 is 4.74 Å². The zero-order valence-corrected chi connectivity index (χ0v) is 12.4. The monoisotopic (exact) mass is 285 g/mol. The molecule has 1 aromatic rings. The maximum Gasteiger partial charge on any atom is 0.337 e. The van der Waals surface area contributed by atoms with Crippen molar-refractivity contribution in [2.75, 3.05) is 20.2 Å². The number of methoxy groups -OCH3 is 1. The van der Waals surface area contributed by atoms with Crippen LogP contribution < -0.4 is 0 Å². The molecule has 0 bridgehead atoms. The Morgan fingerprint density at radius 1 is 1.29 bits per heavy atom. The van der Waals surface area contributed by atoms with Gasteiger partial charge in [0.25, 0.3) is 0 Å². The molecule has 0 atom stereocenters. The first kappa shape index (κ1) is 15.0. The predicted molar refractivity (Wildman–Crippen MR) is 80.3 cm³/mol. The van der Waals surface area contributed by atoms with Crippen molar-refractivity contribution in [3.8, 4) is 11.8 Å². The van der Waals surface area contributed by atoms with E-state index in [2.05, 4.69) is 22.2 Å². The van der Waals surface area contributed by atoms with Crippen LogP contribution in [0.3, 0.4) is 0 Å². The van der Waals surface area contributed by atoms with Crippen molar-refractivity contribution in [3.63, 3.8) is 0 Å². The molecule has 0 spiro atoms. The van der Waals surface area contributed by atoms with Crippen molar-refractivity contribution in [1.82, 2.24) is 5.01 Å². The van der Waals surface area contributed by atoms with Crippen molar-refractivity contribution >= 4 is 11.7 Å². The first-order chi connectivity index (χ1) is 10.2. The lowest BCUT2D eigenvalue weighted by Gasteiger charge is -2.21. The van der Waals surface area contributed by atoms with Gasteiger partial charge in [-0.05, 0) is 44.4 Å². The Kier molecular flexibility index (Phi) is 5.33. The number of nitrogens with zero attached hydrogens (tertiary/aromatic N) is 3. The second kappa shape index (κ2) is 7.44. The molecule has 0 aromatic heterocycles. The standard InChI is InChI=1S/C16H19N3O2/c1-3-7-13-12-14(16(20)21-2)8-9-15(13)17-18-19-10-5-4-6-11-19/h8-9,12H,4-6,10-11H2,1-2H3. The molecular formula is C16H19N3O2. The van der Waals surface area contributed by atoms with E-state index in [0.29, 0.717) is 16.8 Å². The van der Waals surface area contributed by atoms with Crippen molar-refractivity contribution in [3.05, 3.63) is 29.3 Å². The molecule has 0 N–H and O–H groups in total. The zero-order valence-electron chi connectivity index (χ0n) is 12.4. The van der Waals surface area contributed by atoms with E-state index < -0.39 is 0 Å². The molecule has 1 saturated heterocycles. The summed E-state index contributed by atoms with van der Waals surface area (Å²) in [6.07, 6.45) is 3.57. The van der Waals surface area contributed by atoms with Crippen LogP contribution >= 0.6 is 0 Å². The minimum atomic E-state index is -0.381. The van der Waals surface area contributed by atoms with E-state index in [1.165, 1.54) is 13.5 Å². The van der Waals surface area contributed by atoms with Gasteiger partial charge in [-0.2, -0.15) is 0 Å². The number of hydrogen-bond acceptors (Lipinski definition) is 4. The summed E-state index contributed by atoms with van der Waals surface area (Å²) in [4.78, 5) is 11.6. The van der Waals surface area contributed by atoms with Crippen LogP contribution in [0.2, 0.25) is 0 Å². The molecule has 0 radical (unpaired) electrons. The summed E-state index contributed by atoms with van der Waals surface area (Å²) < 4.78 is 4.72. The zero-order chi connectivity index (χ0) is 15.1. The molecular weight excluding hydrogens is 266 g/mol. The molecule has 0 amide bonds. The third-order valence-corrected chi connectivity index (χ3v) is 3.29. The number of piperidine rings is 1. The van der Waals surface area contributed by atoms with Crippen molar-refractivity contribution in [1.29, 1.82) is 0 Å². The van der Waals surface area contributed by atoms with Crippen molar-refractivity contribution in [2.24, 2.45) is 10.3 Å². The molecule has 21 heavy (non-hydrogen) atoms. The van der Waals surface area contributed by atoms with E-state index in [1.54, 1.807) is 25.1 Å². The Morgan fingerprint density at radius 3 is 2.71 bits per heavy atom. The molecule has 1 heterocycles. The Hall–Kier alpha value is -2.35. The van der Waals surface area contributed by atoms with Gasteiger partial charge in [0, 0.05) is 13.1 Å². The number of benzene rings is 1. The lowest BCUT2D eigenvalue weighted by Crippen LogP contribution is -2.23. The van der Waals surface area contributed by atoms with E-state index in [1.807, 2.05) is 5.01 Å². The summed E-state index contributed by atoms with van der Waals surface area (Å²) in [5.74, 6) is 5.40. The Labute approximate surface area is 125 Å². The summed E-state index contributed by atoms with van der Waals surface area (Å²) in [7, 11) is 1.36. The summed E-state index contributed by atoms with van der Waals surface area (Å²) in [5, 5.41) is 10.5. The van der Waals surface area contributed by atoms with E-state index in [9.17, 15) is 4.79 Å². The van der Waals surface area contributed by atoms with Crippen LogP contribution in [0.4, 0.5) is 5.69 Å². The van der Waals surface area contributed by atoms with Crippen LogP contribution in [0.15, 0.2) is 28.5 Å². The Morgan fingerprint density at radius 2 is 2.05 bits per heavy atom. The van der Waals surface area contributed by atoms with Gasteiger partial charge in [0.05, 0.1) is 18.2 Å². The van der Waals surface area contributed by atoms with Gasteiger partial charge in [0.1, 0.15) is 5.69 Å². The predicted octanol–water partition coefficient (Wildman–Crippen LogP) is 3.33. The first-order valence-electron chi connectivity index (χ1n) is 7.06. The highest BCUT2D eigenvalue weighted by atomic mass is 16.5. The van der Waals surface area contributed by atoms with Crippen LogP contribution in [0, 0.1) is 11.8 Å². The number of hydrogen-bond donors (Lipinski definition) is 0. The normalized spacial score (nSPS) is 14.7. The van der Waals surface area contributed by atoms with E-state index in [-0.39, 0.29) is 5.97 Å². The minimum absolute atomic E-state index is 0.381. The molecule has 0 aliphatic carbocycles. The molecule has 0 unspecified atom stereocenters. The van der Waals surface area contributed by atoms with Crippen LogP contribution in [0.5, 0.6) is 0 Å². The number of esters is 1. The molecule has 1 aromatic carbocycles. The summed E-state index contributed by atoms with van der Waals surface area (Å²) >= 11 is 0. The third kappa shape index (κ3) is 4.06. The van der Waals surface area contributed by atoms with Gasteiger partial charge in [-0.15, -0.1) is 11.0 Å². The quantitative estimate of drug-likeness (QED) is 0.486. The fourth-order valence-electron chi connectivity index (χ4n) is 2.18. The second-order valence-corrected chi connectivity index (χ2v) is 4.80. The van der Waals surface area contributed by atoms with Gasteiger partial charge in [-0.3, -0.25) is 5.01 Å². The lowest BCUT2D eigenvalue weighted by atomic mass is 10.1. The largest absolute Gasteiger partial charge is 0.465 e. The second-order valence-electron chi connectivity index (χ2n) is 4.80. The van der Waals surface area contributed by atoms with Gasteiger partial charge in [-0.1, -0.05) is 11.1 Å². The topological polar surface area (TPSA) is 54.3 Å². The van der Waals surface area contributed by atoms with Gasteiger partial charge in [0.15, 0.2) is 0 Å². The molecule has 5 nitrogen and oxygen atoms in total. The summed E-state index contributed by atoms with van der Waals surface area (Å²) in [6, 6.07) is 5.11. The highest BCUT2D eigenvalue weighted by molar-refractivity contribution is 5.90. The van der Waals surface area contributed by atoms with E-state index in [0.717, 1.165) is 25.9 Å². The fraction of sp³-hybridized carbons (Fsp3) is 0.438. The smallest absolute Gasteiger partial charge is 0.337 e. The highest BCUT2D eigenvalue weighted by Crippen LogP contribution is 2.22. The minimum Gasteiger partial charge on any atom is -0.465 e. The lowest BCUT2D eigenvalue weighted by molar-refractivity contribution is 0.0600. The maximum absolute atomic E-state index is 11.6. The molecule has 5 heteroatoms. The van der Waals surface area contributed by atoms with Crippen LogP contribution in [0.25, 0.3) is 0 Å². The number of carbonyl (C=O) groups excluding carboxylic acids is 1. The van der Waals surface area contributed by atoms with Crippen molar-refractivity contribution in [2.45, 2.75) is 26.2 Å². The number of rotatable bonds is 3. The van der Waals surface area contributed by atoms with E-state index >= 15 is 0 Å². The molecule has 110 valence electrons. The SMILES string of the molecule is CC#Cc1cc(C(=O)OC)ccc1N=NN1CCCCC1. The molecule has 1 aliphatic rings. The Bertz CT molecular complexity index is 593. The first-order valence-corrected chi connectivity index (χ1v) is 7.06. The molecule has 2 rings (SSSR count). The maximum atomic E-state index is 11.6. The van der Waals surface area contributed by atoms with E-state index in [4.69, 9.17) is 4.74 Å². The summed E-state index contributed by atoms with van der Waals surface area (Å²) in [6.45, 7) is 3.63. The molecule has 1 fully saturated rings. The average Bonchev–Trinajstić information content (AvgIpc) is 2.54. The van der Waals surface area contributed by atoms with Gasteiger partial charge in [-0.25, -0.2) is 4.79 Å². The molecule has 1 aliphatic heterocycles. The summed E-state index contributed by atoms with van der Waals surface area (Å²) in [5.41, 5.74) is 1.82. The third-order valence-electron chi connectivity index (χ3n) is 3.29. The van der Waals surface area contributed by atoms with Crippen LogP contribution in [-0.4, -0.2) is 31.2 Å². The Balaban J connectivity index is 2.22.